The van der Waals surface area contributed by atoms with Gasteiger partial charge >= 0.3 is 0 Å². The quantitative estimate of drug-likeness (QED) is 0.566. The van der Waals surface area contributed by atoms with Crippen molar-refractivity contribution in [2.45, 2.75) is 13.5 Å². The highest BCUT2D eigenvalue weighted by molar-refractivity contribution is 5.95. The number of benzene rings is 1. The highest BCUT2D eigenvalue weighted by Gasteiger charge is 2.24. The molecule has 1 aliphatic rings. The molecule has 2 aromatic heterocycles. The molecule has 0 bridgehead atoms. The number of aromatic nitrogens is 1. The van der Waals surface area contributed by atoms with Crippen LogP contribution >= 0.6 is 0 Å². The maximum atomic E-state index is 13.6. The molecule has 3 heterocycles. The minimum atomic E-state index is -0.433. The number of hydrogen-bond donors (Lipinski definition) is 0. The Labute approximate surface area is 185 Å². The second-order valence-corrected chi connectivity index (χ2v) is 7.79. The first-order valence-electron chi connectivity index (χ1n) is 10.6. The predicted molar refractivity (Wildman–Crippen MR) is 117 cm³/mol. The van der Waals surface area contributed by atoms with Gasteiger partial charge < -0.3 is 14.1 Å². The zero-order chi connectivity index (χ0) is 22.5. The topological polar surface area (TPSA) is 67.9 Å². The first-order chi connectivity index (χ1) is 15.5. The van der Waals surface area contributed by atoms with Crippen molar-refractivity contribution in [2.75, 3.05) is 39.4 Å². The van der Waals surface area contributed by atoms with Crippen LogP contribution in [0.4, 0.5) is 4.39 Å². The van der Waals surface area contributed by atoms with Gasteiger partial charge in [-0.2, -0.15) is 0 Å². The van der Waals surface area contributed by atoms with Crippen LogP contribution in [0.1, 0.15) is 21.7 Å². The molecule has 1 amide bonds. The number of ether oxygens (including phenoxy) is 1. The molecule has 0 saturated carbocycles. The summed E-state index contributed by atoms with van der Waals surface area (Å²) in [5.41, 5.74) is 0.758. The van der Waals surface area contributed by atoms with E-state index in [9.17, 15) is 14.0 Å². The van der Waals surface area contributed by atoms with Gasteiger partial charge in [-0.3, -0.25) is 19.1 Å². The third-order valence-electron chi connectivity index (χ3n) is 5.62. The van der Waals surface area contributed by atoms with Crippen LogP contribution in [-0.2, 0) is 11.3 Å². The maximum Gasteiger partial charge on any atom is 0.268 e. The van der Waals surface area contributed by atoms with E-state index in [0.29, 0.717) is 43.3 Å². The lowest BCUT2D eigenvalue weighted by Gasteiger charge is -2.30. The molecule has 4 rings (SSSR count). The van der Waals surface area contributed by atoms with Crippen LogP contribution in [0.3, 0.4) is 0 Å². The monoisotopic (exact) mass is 439 g/mol. The second-order valence-electron chi connectivity index (χ2n) is 7.79. The van der Waals surface area contributed by atoms with Crippen LogP contribution in [-0.4, -0.2) is 59.7 Å². The minimum absolute atomic E-state index is 0.102. The van der Waals surface area contributed by atoms with Gasteiger partial charge in [-0.25, -0.2) is 4.39 Å². The number of morpholine rings is 1. The van der Waals surface area contributed by atoms with Crippen LogP contribution in [0.5, 0.6) is 0 Å². The van der Waals surface area contributed by atoms with Crippen molar-refractivity contribution in [1.82, 2.24) is 14.4 Å². The smallest absolute Gasteiger partial charge is 0.268 e. The van der Waals surface area contributed by atoms with Crippen molar-refractivity contribution in [3.8, 4) is 5.69 Å². The van der Waals surface area contributed by atoms with Crippen LogP contribution in [0.2, 0.25) is 0 Å². The molecule has 7 nitrogen and oxygen atoms in total. The highest BCUT2D eigenvalue weighted by Crippen LogP contribution is 2.14. The highest BCUT2D eigenvalue weighted by atomic mass is 19.1. The van der Waals surface area contributed by atoms with E-state index in [1.807, 2.05) is 6.07 Å². The summed E-state index contributed by atoms with van der Waals surface area (Å²) in [6, 6.07) is 10.9. The zero-order valence-corrected chi connectivity index (χ0v) is 18.0. The summed E-state index contributed by atoms with van der Waals surface area (Å²) in [5, 5.41) is 0. The molecule has 0 unspecified atom stereocenters. The molecule has 3 aromatic rings. The van der Waals surface area contributed by atoms with Gasteiger partial charge in [0.1, 0.15) is 17.1 Å². The molecule has 0 N–H and O–H groups in total. The lowest BCUT2D eigenvalue weighted by Crippen LogP contribution is -2.44. The fourth-order valence-electron chi connectivity index (χ4n) is 3.78. The summed E-state index contributed by atoms with van der Waals surface area (Å²) in [6.07, 6.45) is 3.17. The van der Waals surface area contributed by atoms with Crippen LogP contribution < -0.4 is 5.56 Å². The molecule has 1 saturated heterocycles. The molecule has 8 heteroatoms. The Balaban J connectivity index is 1.63. The molecular weight excluding hydrogens is 413 g/mol. The third-order valence-corrected chi connectivity index (χ3v) is 5.62. The van der Waals surface area contributed by atoms with Gasteiger partial charge in [0.05, 0.1) is 26.0 Å². The first kappa shape index (κ1) is 22.0. The Morgan fingerprint density at radius 2 is 1.88 bits per heavy atom. The fraction of sp³-hybridized carbons (Fsp3) is 0.333. The second kappa shape index (κ2) is 9.93. The standard InChI is InChI=1S/C24H26FN3O4/c1-18-8-9-28(20-6-4-19(25)5-7-20)24(30)22(18)23(29)27(17-21-3-2-14-32-21)11-10-26-12-15-31-16-13-26/h2-9,14H,10-13,15-17H2,1H3. The molecule has 0 aliphatic carbocycles. The zero-order valence-electron chi connectivity index (χ0n) is 18.0. The summed E-state index contributed by atoms with van der Waals surface area (Å²) in [4.78, 5) is 30.8. The number of halogens is 1. The summed E-state index contributed by atoms with van der Waals surface area (Å²) >= 11 is 0. The Kier molecular flexibility index (Phi) is 6.82. The van der Waals surface area contributed by atoms with Crippen molar-refractivity contribution in [3.05, 3.63) is 88.0 Å². The number of pyridine rings is 1. The van der Waals surface area contributed by atoms with Gasteiger partial charge in [0.15, 0.2) is 0 Å². The fourth-order valence-corrected chi connectivity index (χ4v) is 3.78. The van der Waals surface area contributed by atoms with Gasteiger partial charge in [0.25, 0.3) is 11.5 Å². The SMILES string of the molecule is Cc1ccn(-c2ccc(F)cc2)c(=O)c1C(=O)N(CCN1CCOCC1)Cc1ccco1. The number of amides is 1. The van der Waals surface area contributed by atoms with Gasteiger partial charge in [0, 0.05) is 38.1 Å². The van der Waals surface area contributed by atoms with E-state index in [1.165, 1.54) is 28.8 Å². The van der Waals surface area contributed by atoms with Crippen LogP contribution in [0, 0.1) is 12.7 Å². The largest absolute Gasteiger partial charge is 0.467 e. The van der Waals surface area contributed by atoms with Crippen molar-refractivity contribution in [2.24, 2.45) is 0 Å². The summed E-state index contributed by atoms with van der Waals surface area (Å²) < 4.78 is 25.6. The number of hydrogen-bond acceptors (Lipinski definition) is 5. The normalized spacial score (nSPS) is 14.4. The minimum Gasteiger partial charge on any atom is -0.467 e. The molecule has 0 radical (unpaired) electrons. The summed E-state index contributed by atoms with van der Waals surface area (Å²) in [5.74, 6) is -0.0978. The average molecular weight is 439 g/mol. The molecule has 1 aliphatic heterocycles. The maximum absolute atomic E-state index is 13.6. The molecule has 32 heavy (non-hydrogen) atoms. The number of aryl methyl sites for hydroxylation is 1. The number of carbonyl (C=O) groups is 1. The lowest BCUT2D eigenvalue weighted by molar-refractivity contribution is 0.0316. The number of carbonyl (C=O) groups excluding carboxylic acids is 1. The van der Waals surface area contributed by atoms with Crippen LogP contribution in [0.25, 0.3) is 5.69 Å². The van der Waals surface area contributed by atoms with Crippen LogP contribution in [0.15, 0.2) is 64.1 Å². The van der Waals surface area contributed by atoms with Crippen molar-refractivity contribution < 1.29 is 18.3 Å². The lowest BCUT2D eigenvalue weighted by atomic mass is 10.1. The van der Waals surface area contributed by atoms with Crippen molar-refractivity contribution in [1.29, 1.82) is 0 Å². The summed E-state index contributed by atoms with van der Waals surface area (Å²) in [6.45, 7) is 6.10. The van der Waals surface area contributed by atoms with E-state index < -0.39 is 11.4 Å². The van der Waals surface area contributed by atoms with Gasteiger partial charge in [0.2, 0.25) is 0 Å². The number of furan rings is 1. The Bertz CT molecular complexity index is 1100. The van der Waals surface area contributed by atoms with E-state index in [4.69, 9.17) is 9.15 Å². The Morgan fingerprint density at radius 1 is 1.12 bits per heavy atom. The number of nitrogens with zero attached hydrogens (tertiary/aromatic N) is 3. The molecule has 0 spiro atoms. The van der Waals surface area contributed by atoms with E-state index >= 15 is 0 Å². The van der Waals surface area contributed by atoms with Gasteiger partial charge in [-0.15, -0.1) is 0 Å². The molecule has 1 aromatic carbocycles. The summed E-state index contributed by atoms with van der Waals surface area (Å²) in [7, 11) is 0. The first-order valence-corrected chi connectivity index (χ1v) is 10.6. The number of rotatable bonds is 7. The third kappa shape index (κ3) is 4.98. The Morgan fingerprint density at radius 3 is 2.56 bits per heavy atom. The van der Waals surface area contributed by atoms with Gasteiger partial charge in [-0.05, 0) is 55.0 Å². The molecule has 1 fully saturated rings. The Hall–Kier alpha value is -3.23. The average Bonchev–Trinajstić information content (AvgIpc) is 3.31. The van der Waals surface area contributed by atoms with E-state index in [2.05, 4.69) is 4.90 Å². The predicted octanol–water partition coefficient (Wildman–Crippen LogP) is 2.85. The van der Waals surface area contributed by atoms with E-state index in [-0.39, 0.29) is 18.0 Å². The molecule has 0 atom stereocenters. The van der Waals surface area contributed by atoms with E-state index in [0.717, 1.165) is 13.1 Å². The van der Waals surface area contributed by atoms with Crippen molar-refractivity contribution >= 4 is 5.91 Å². The van der Waals surface area contributed by atoms with Gasteiger partial charge in [-0.1, -0.05) is 0 Å². The van der Waals surface area contributed by atoms with E-state index in [1.54, 1.807) is 36.4 Å². The molecule has 168 valence electrons. The molecular formula is C24H26FN3O4. The van der Waals surface area contributed by atoms with Crippen molar-refractivity contribution in [3.63, 3.8) is 0 Å².